The molecule has 3 fully saturated rings. The summed E-state index contributed by atoms with van der Waals surface area (Å²) in [5.74, 6) is -8.96. The van der Waals surface area contributed by atoms with Crippen molar-refractivity contribution in [3.63, 3.8) is 0 Å². The molecule has 3 aromatic rings. The highest BCUT2D eigenvalue weighted by atomic mass is 33.1. The fraction of sp³-hybridized carbons (Fsp3) is 0.544. The van der Waals surface area contributed by atoms with Gasteiger partial charge in [-0.3, -0.25) is 44.3 Å². The lowest BCUT2D eigenvalue weighted by molar-refractivity contribution is -0.346. The number of aliphatic hydroxyl groups excluding tert-OH is 1. The van der Waals surface area contributed by atoms with E-state index in [-0.39, 0.29) is 77.1 Å². The van der Waals surface area contributed by atoms with Gasteiger partial charge in [0.25, 0.3) is 5.91 Å². The number of aliphatic hydroxyl groups is 2. The summed E-state index contributed by atoms with van der Waals surface area (Å²) >= 11 is 0. The summed E-state index contributed by atoms with van der Waals surface area (Å²) in [4.78, 5) is 142. The SMILES string of the molecule is CCC(C)(N)C(=O)[C@@H](CCCNC(=N)N)NC(C)(C)C(=O)[C@@H](CSSCCOC(=O)O[C@@H](C(=O)O[C@H]1C[C@@]2(O)[C@@H](OC(=O)c3ccccc3)[C@@H]3[C@]4(OC(C)=O)CO[C@@H]4C[C@H](O)[C@@]3(C)C(=O)[C@H](OC(C)=O)C(=C1C)C2(C)C)[C@@H](NC(=O)c1ccccc1)c1ccccc1)NC(C)=O. The van der Waals surface area contributed by atoms with Crippen LogP contribution < -0.4 is 32.7 Å². The van der Waals surface area contributed by atoms with Crippen LogP contribution in [0.5, 0.6) is 0 Å². The van der Waals surface area contributed by atoms with Crippen LogP contribution in [0.2, 0.25) is 0 Å². The first-order valence-corrected chi connectivity index (χ1v) is 34.2. The number of nitrogens with one attached hydrogen (secondary N) is 5. The molecule has 96 heavy (non-hydrogen) atoms. The Morgan fingerprint density at radius 2 is 1.44 bits per heavy atom. The lowest BCUT2D eigenvalue weighted by Gasteiger charge is -2.67. The van der Waals surface area contributed by atoms with Gasteiger partial charge in [0.15, 0.2) is 35.0 Å². The molecule has 1 unspecified atom stereocenters. The lowest BCUT2D eigenvalue weighted by Crippen LogP contribution is -2.82. The molecule has 2 saturated carbocycles. The maximum atomic E-state index is 15.9. The summed E-state index contributed by atoms with van der Waals surface area (Å²) in [5, 5.41) is 45.3. The highest BCUT2D eigenvalue weighted by molar-refractivity contribution is 8.76. The Labute approximate surface area is 565 Å². The number of ether oxygens (including phenoxy) is 7. The van der Waals surface area contributed by atoms with Gasteiger partial charge in [0.1, 0.15) is 36.6 Å². The normalized spacial score (nSPS) is 26.0. The van der Waals surface area contributed by atoms with Crippen molar-refractivity contribution in [1.82, 2.24) is 21.3 Å². The van der Waals surface area contributed by atoms with Crippen LogP contribution in [0, 0.1) is 22.2 Å². The largest absolute Gasteiger partial charge is 0.509 e. The van der Waals surface area contributed by atoms with Crippen LogP contribution in [0.4, 0.5) is 4.79 Å². The number of guanidine groups is 1. The van der Waals surface area contributed by atoms with Gasteiger partial charge in [0.05, 0.1) is 52.8 Å². The van der Waals surface area contributed by atoms with E-state index < -0.39 is 160 Å². The fourth-order valence-electron chi connectivity index (χ4n) is 13.5. The van der Waals surface area contributed by atoms with E-state index in [1.165, 1.54) is 58.9 Å². The topological polar surface area (TPSA) is 400 Å². The van der Waals surface area contributed by atoms with E-state index in [0.717, 1.165) is 35.4 Å². The predicted molar refractivity (Wildman–Crippen MR) is 353 cm³/mol. The van der Waals surface area contributed by atoms with E-state index in [1.54, 1.807) is 94.4 Å². The summed E-state index contributed by atoms with van der Waals surface area (Å²) in [7, 11) is 2.31. The lowest BCUT2D eigenvalue weighted by atomic mass is 9.44. The van der Waals surface area contributed by atoms with Crippen LogP contribution in [-0.4, -0.2) is 178 Å². The highest BCUT2D eigenvalue weighted by Crippen LogP contribution is 2.64. The second-order valence-electron chi connectivity index (χ2n) is 26.2. The highest BCUT2D eigenvalue weighted by Gasteiger charge is 2.78. The number of amides is 2. The number of nitrogens with two attached hydrogens (primary N) is 2. The molecule has 0 spiro atoms. The van der Waals surface area contributed by atoms with Gasteiger partial charge in [0, 0.05) is 62.6 Å². The number of Topliss-reactive ketones (excluding diaryl/α,β-unsaturated/α-hetero) is 3. The molecule has 3 aliphatic carbocycles. The van der Waals surface area contributed by atoms with Crippen LogP contribution in [0.3, 0.4) is 0 Å². The average molecular weight is 1370 g/mol. The number of hydrogen-bond acceptors (Lipinski definition) is 24. The van der Waals surface area contributed by atoms with E-state index >= 15 is 9.59 Å². The molecule has 2 amide bonds. The van der Waals surface area contributed by atoms with E-state index in [0.29, 0.717) is 12.8 Å². The van der Waals surface area contributed by atoms with Crippen molar-refractivity contribution in [2.75, 3.05) is 31.3 Å². The van der Waals surface area contributed by atoms with Crippen molar-refractivity contribution in [2.45, 2.75) is 185 Å². The second kappa shape index (κ2) is 31.2. The number of rotatable bonds is 29. The Morgan fingerprint density at radius 1 is 0.823 bits per heavy atom. The zero-order chi connectivity index (χ0) is 70.9. The van der Waals surface area contributed by atoms with Gasteiger partial charge >= 0.3 is 30.0 Å². The maximum Gasteiger partial charge on any atom is 0.509 e. The first-order chi connectivity index (χ1) is 45.1. The molecule has 3 aromatic carbocycles. The Kier molecular flexibility index (Phi) is 24.6. The average Bonchev–Trinajstić information content (AvgIpc) is 0.670. The van der Waals surface area contributed by atoms with Crippen LogP contribution in [0.25, 0.3) is 0 Å². The molecule has 28 heteroatoms. The van der Waals surface area contributed by atoms with Crippen molar-refractivity contribution in [1.29, 1.82) is 5.41 Å². The van der Waals surface area contributed by atoms with Crippen molar-refractivity contribution >= 4 is 86.7 Å². The van der Waals surface area contributed by atoms with Crippen LogP contribution in [0.1, 0.15) is 141 Å². The minimum absolute atomic E-state index is 0.00248. The second-order valence-corrected chi connectivity index (χ2v) is 28.8. The fourth-order valence-corrected chi connectivity index (χ4v) is 15.5. The third-order valence-corrected chi connectivity index (χ3v) is 21.2. The Morgan fingerprint density at radius 3 is 2.00 bits per heavy atom. The first kappa shape index (κ1) is 75.6. The summed E-state index contributed by atoms with van der Waals surface area (Å²) in [6.07, 6.45) is -12.0. The zero-order valence-corrected chi connectivity index (χ0v) is 57.4. The molecular formula is C68H89N7O19S2. The van der Waals surface area contributed by atoms with Crippen LogP contribution in [0.15, 0.2) is 102 Å². The Balaban J connectivity index is 1.21. The quantitative estimate of drug-likeness (QED) is 0.00835. The molecule has 1 heterocycles. The van der Waals surface area contributed by atoms with Gasteiger partial charge in [-0.2, -0.15) is 0 Å². The molecule has 0 aromatic heterocycles. The van der Waals surface area contributed by atoms with Gasteiger partial charge in [-0.25, -0.2) is 14.4 Å². The van der Waals surface area contributed by atoms with E-state index in [9.17, 15) is 48.6 Å². The van der Waals surface area contributed by atoms with Gasteiger partial charge in [-0.15, -0.1) is 0 Å². The van der Waals surface area contributed by atoms with Gasteiger partial charge in [-0.05, 0) is 94.9 Å². The summed E-state index contributed by atoms with van der Waals surface area (Å²) < 4.78 is 42.5. The number of carbonyl (C=O) groups is 10. The molecular weight excluding hydrogens is 1280 g/mol. The van der Waals surface area contributed by atoms with Crippen LogP contribution >= 0.6 is 21.6 Å². The molecule has 522 valence electrons. The molecule has 1 saturated heterocycles. The number of esters is 4. The molecule has 1 aliphatic heterocycles. The van der Waals surface area contributed by atoms with Gasteiger partial charge in [0.2, 0.25) is 12.0 Å². The standard InChI is InChI=1S/C68H89N7O19S2/c1-12-65(10,71)55(81)44(29-22-30-72-61(69)70)75-64(8,9)54(80)45(73-38(3)76)35-96-95-32-31-88-62(86)92-52(50(41-23-16-13-17-24-41)74-58(83)42-25-18-14-19-26-42)60(85)91-46-34-68(87)57(93-59(84)43-27-20-15-21-28-43)53-66(11,47(79)33-48-67(53,36-89-48)94-40(5)78)56(82)51(90-39(4)77)49(37(46)2)63(68,6)7/h13-21,23-28,44-48,50-53,57,75,79,87H,12,22,29-36,71H2,1-11H3,(H,73,76)(H,74,83)(H4,69,70,72)/t44-,45-,46+,47+,48-,50+,51-,52-,53+,57+,65?,66-,67+,68-/m1/s1. The molecule has 7 rings (SSSR count). The molecule has 14 atom stereocenters. The maximum absolute atomic E-state index is 15.9. The molecule has 2 bridgehead atoms. The third-order valence-electron chi connectivity index (χ3n) is 18.8. The minimum atomic E-state index is -2.55. The summed E-state index contributed by atoms with van der Waals surface area (Å²) in [5.41, 5.74) is 1.13. The summed E-state index contributed by atoms with van der Waals surface area (Å²) in [6.45, 7) is 15.4. The number of fused-ring (bicyclic) bond motifs is 5. The van der Waals surface area contributed by atoms with Crippen LogP contribution in [-0.2, 0) is 66.7 Å². The van der Waals surface area contributed by atoms with Gasteiger partial charge in [-0.1, -0.05) is 109 Å². The van der Waals surface area contributed by atoms with Gasteiger partial charge < -0.3 is 70.8 Å². The number of benzene rings is 3. The van der Waals surface area contributed by atoms with Crippen molar-refractivity contribution < 1.29 is 91.3 Å². The smallest absolute Gasteiger partial charge is 0.455 e. The Hall–Kier alpha value is -7.73. The Bertz CT molecular complexity index is 3430. The molecule has 0 radical (unpaired) electrons. The molecule has 4 aliphatic rings. The van der Waals surface area contributed by atoms with E-state index in [4.69, 9.17) is 50.0 Å². The third kappa shape index (κ3) is 16.5. The predicted octanol–water partition coefficient (Wildman–Crippen LogP) is 5.05. The molecule has 26 nitrogen and oxygen atoms in total. The van der Waals surface area contributed by atoms with Crippen molar-refractivity contribution in [2.24, 2.45) is 28.2 Å². The minimum Gasteiger partial charge on any atom is -0.455 e. The zero-order valence-electron chi connectivity index (χ0n) is 55.8. The monoisotopic (exact) mass is 1370 g/mol. The molecule has 11 N–H and O–H groups in total. The summed E-state index contributed by atoms with van der Waals surface area (Å²) in [6, 6.07) is 20.0. The number of carbonyl (C=O) groups excluding carboxylic acids is 10. The van der Waals surface area contributed by atoms with Crippen molar-refractivity contribution in [3.8, 4) is 0 Å². The van der Waals surface area contributed by atoms with E-state index in [1.807, 2.05) is 0 Å². The van der Waals surface area contributed by atoms with E-state index in [2.05, 4.69) is 21.3 Å². The first-order valence-electron chi connectivity index (χ1n) is 31.7. The number of hydrogen-bond donors (Lipinski definition) is 9. The van der Waals surface area contributed by atoms with Crippen molar-refractivity contribution in [3.05, 3.63) is 119 Å². The number of ketones is 3.